The molecule has 7 heteroatoms. The minimum atomic E-state index is -0.313. The minimum Gasteiger partial charge on any atom is -0.273 e. The zero-order valence-corrected chi connectivity index (χ0v) is 19.1. The Labute approximate surface area is 200 Å². The summed E-state index contributed by atoms with van der Waals surface area (Å²) in [4.78, 5) is 32.7. The molecule has 1 fully saturated rings. The molecule has 1 atom stereocenters. The topological polar surface area (TPSA) is 55.2 Å². The number of rotatable bonds is 3. The third-order valence-electron chi connectivity index (χ3n) is 5.36. The molecule has 0 aliphatic carbocycles. The van der Waals surface area contributed by atoms with Crippen molar-refractivity contribution in [2.75, 3.05) is 5.75 Å². The lowest BCUT2D eigenvalue weighted by Crippen LogP contribution is -2.45. The highest BCUT2D eigenvalue weighted by atomic mass is 32.2. The molecule has 4 aromatic rings. The quantitative estimate of drug-likeness (QED) is 0.403. The van der Waals surface area contributed by atoms with Gasteiger partial charge in [0.1, 0.15) is 11.2 Å². The van der Waals surface area contributed by atoms with Crippen molar-refractivity contribution in [1.29, 1.82) is 0 Å². The molecule has 162 valence electrons. The van der Waals surface area contributed by atoms with Gasteiger partial charge in [0, 0.05) is 5.56 Å². The van der Waals surface area contributed by atoms with E-state index in [1.165, 1.54) is 21.2 Å². The van der Waals surface area contributed by atoms with Crippen LogP contribution in [0.5, 0.6) is 0 Å². The zero-order valence-electron chi connectivity index (χ0n) is 17.5. The fraction of sp³-hybridized carbons (Fsp3) is 0.0769. The zero-order chi connectivity index (χ0) is 22.8. The number of thioether (sulfide) groups is 1. The first kappa shape index (κ1) is 21.3. The van der Waals surface area contributed by atoms with Gasteiger partial charge in [-0.1, -0.05) is 84.9 Å². The summed E-state index contributed by atoms with van der Waals surface area (Å²) in [5, 5.41) is 0.275. The lowest BCUT2D eigenvalue weighted by Gasteiger charge is -2.24. The molecule has 1 amide bonds. The number of amides is 1. The van der Waals surface area contributed by atoms with Gasteiger partial charge in [0.2, 0.25) is 5.91 Å². The first-order chi connectivity index (χ1) is 16.1. The number of hydrogen-bond donors (Lipinski definition) is 0. The lowest BCUT2D eigenvalue weighted by molar-refractivity contribution is -0.123. The van der Waals surface area contributed by atoms with Gasteiger partial charge in [-0.05, 0) is 29.9 Å². The molecule has 3 aromatic carbocycles. The average molecular weight is 470 g/mol. The molecule has 0 N–H and O–H groups in total. The van der Waals surface area contributed by atoms with Crippen molar-refractivity contribution < 1.29 is 4.79 Å². The van der Waals surface area contributed by atoms with Crippen molar-refractivity contribution in [3.63, 3.8) is 0 Å². The van der Waals surface area contributed by atoms with Gasteiger partial charge >= 0.3 is 0 Å². The molecule has 5 rings (SSSR count). The smallest absolute Gasteiger partial charge is 0.268 e. The number of carbonyl (C=O) groups is 1. The second kappa shape index (κ2) is 9.13. The predicted octanol–water partition coefficient (Wildman–Crippen LogP) is 4.81. The minimum absolute atomic E-state index is 0.133. The second-order valence-electron chi connectivity index (χ2n) is 7.48. The number of hydrogen-bond acceptors (Lipinski definition) is 5. The van der Waals surface area contributed by atoms with Crippen molar-refractivity contribution in [1.82, 2.24) is 14.5 Å². The Kier molecular flexibility index (Phi) is 5.90. The van der Waals surface area contributed by atoms with E-state index in [0.717, 1.165) is 11.1 Å². The summed E-state index contributed by atoms with van der Waals surface area (Å²) in [5.41, 5.74) is 2.07. The normalized spacial score (nSPS) is 16.1. The molecule has 1 unspecified atom stereocenters. The van der Waals surface area contributed by atoms with Gasteiger partial charge < -0.3 is 0 Å². The summed E-state index contributed by atoms with van der Waals surface area (Å²) >= 11 is 7.26. The lowest BCUT2D eigenvalue weighted by atomic mass is 10.2. The van der Waals surface area contributed by atoms with Crippen LogP contribution in [0.3, 0.4) is 0 Å². The molecule has 0 radical (unpaired) electrons. The molecule has 1 aliphatic heterocycles. The third-order valence-corrected chi connectivity index (χ3v) is 6.86. The van der Waals surface area contributed by atoms with Gasteiger partial charge in [-0.2, -0.15) is 0 Å². The van der Waals surface area contributed by atoms with Gasteiger partial charge in [0.05, 0.1) is 16.7 Å². The predicted molar refractivity (Wildman–Crippen MR) is 138 cm³/mol. The molecule has 0 spiro atoms. The van der Waals surface area contributed by atoms with E-state index < -0.39 is 0 Å². The molecular weight excluding hydrogens is 450 g/mol. The highest BCUT2D eigenvalue weighted by Gasteiger charge is 2.35. The highest BCUT2D eigenvalue weighted by Crippen LogP contribution is 2.29. The number of aromatic nitrogens is 2. The van der Waals surface area contributed by atoms with E-state index in [9.17, 15) is 9.59 Å². The van der Waals surface area contributed by atoms with E-state index in [0.29, 0.717) is 22.5 Å². The molecule has 5 nitrogen and oxygen atoms in total. The molecule has 0 bridgehead atoms. The van der Waals surface area contributed by atoms with Gasteiger partial charge in [0.15, 0.2) is 5.11 Å². The first-order valence-electron chi connectivity index (χ1n) is 10.4. The second-order valence-corrected chi connectivity index (χ2v) is 8.95. The van der Waals surface area contributed by atoms with E-state index >= 15 is 0 Å². The van der Waals surface area contributed by atoms with Crippen molar-refractivity contribution >= 4 is 52.0 Å². The van der Waals surface area contributed by atoms with Crippen LogP contribution in [-0.2, 0) is 4.79 Å². The Bertz CT molecular complexity index is 1430. The van der Waals surface area contributed by atoms with Crippen molar-refractivity contribution in [3.8, 4) is 11.4 Å². The van der Waals surface area contributed by atoms with E-state index in [1.807, 2.05) is 78.9 Å². The summed E-state index contributed by atoms with van der Waals surface area (Å²) in [7, 11) is 0. The Hall–Kier alpha value is -3.55. The molecule has 1 saturated heterocycles. The van der Waals surface area contributed by atoms with E-state index in [1.54, 1.807) is 18.2 Å². The van der Waals surface area contributed by atoms with Gasteiger partial charge in [0.25, 0.3) is 5.56 Å². The Balaban J connectivity index is 1.62. The van der Waals surface area contributed by atoms with Crippen LogP contribution < -0.4 is 5.56 Å². The maximum absolute atomic E-state index is 13.6. The summed E-state index contributed by atoms with van der Waals surface area (Å²) in [6.45, 7) is 0. The van der Waals surface area contributed by atoms with Crippen molar-refractivity contribution in [2.24, 2.45) is 0 Å². The average Bonchev–Trinajstić information content (AvgIpc) is 3.23. The SMILES string of the molecule is O=C1CSC(/C=C/c2ccccc2)N1C(=S)n1c(-c2ccccc2)nc2ccccc2c1=O. The Morgan fingerprint density at radius 3 is 2.36 bits per heavy atom. The number of fused-ring (bicyclic) bond motifs is 1. The molecule has 2 heterocycles. The number of thiocarbonyl (C=S) groups is 1. The highest BCUT2D eigenvalue weighted by molar-refractivity contribution is 8.01. The number of carbonyl (C=O) groups excluding carboxylic acids is 1. The molecular formula is C26H19N3O2S2. The fourth-order valence-corrected chi connectivity index (χ4v) is 5.22. The van der Waals surface area contributed by atoms with Crippen LogP contribution in [0.4, 0.5) is 0 Å². The molecule has 0 saturated carbocycles. The molecule has 33 heavy (non-hydrogen) atoms. The molecule has 1 aliphatic rings. The Morgan fingerprint density at radius 2 is 1.61 bits per heavy atom. The van der Waals surface area contributed by atoms with Crippen molar-refractivity contribution in [2.45, 2.75) is 5.37 Å². The first-order valence-corrected chi connectivity index (χ1v) is 11.9. The summed E-state index contributed by atoms with van der Waals surface area (Å²) in [6.07, 6.45) is 3.91. The monoisotopic (exact) mass is 469 g/mol. The van der Waals surface area contributed by atoms with Gasteiger partial charge in [-0.25, -0.2) is 9.55 Å². The van der Waals surface area contributed by atoms with E-state index in [-0.39, 0.29) is 22.0 Å². The largest absolute Gasteiger partial charge is 0.273 e. The maximum Gasteiger partial charge on any atom is 0.268 e. The third kappa shape index (κ3) is 4.13. The van der Waals surface area contributed by atoms with Crippen LogP contribution in [0.25, 0.3) is 28.4 Å². The van der Waals surface area contributed by atoms with Crippen LogP contribution in [-0.4, -0.2) is 36.6 Å². The summed E-state index contributed by atoms with van der Waals surface area (Å²) in [5.74, 6) is 0.576. The van der Waals surface area contributed by atoms with Crippen LogP contribution in [0.15, 0.2) is 95.8 Å². The van der Waals surface area contributed by atoms with Gasteiger partial charge in [-0.3, -0.25) is 14.5 Å². The van der Waals surface area contributed by atoms with E-state index in [2.05, 4.69) is 0 Å². The molecule has 1 aromatic heterocycles. The summed E-state index contributed by atoms with van der Waals surface area (Å²) < 4.78 is 1.39. The number of para-hydroxylation sites is 1. The van der Waals surface area contributed by atoms with Gasteiger partial charge in [-0.15, -0.1) is 11.8 Å². The van der Waals surface area contributed by atoms with Crippen LogP contribution in [0.1, 0.15) is 5.56 Å². The fourth-order valence-electron chi connectivity index (χ4n) is 3.76. The Morgan fingerprint density at radius 1 is 0.939 bits per heavy atom. The van der Waals surface area contributed by atoms with Crippen LogP contribution in [0, 0.1) is 0 Å². The van der Waals surface area contributed by atoms with Crippen LogP contribution >= 0.6 is 24.0 Å². The number of benzene rings is 3. The van der Waals surface area contributed by atoms with Crippen molar-refractivity contribution in [3.05, 3.63) is 107 Å². The standard InChI is InChI=1S/C26H19N3O2S2/c30-22-17-33-23(16-15-18-9-3-1-4-10-18)28(22)26(32)29-24(19-11-5-2-6-12-19)27-21-14-8-7-13-20(21)25(29)31/h1-16,23H,17H2/b16-15+. The van der Waals surface area contributed by atoms with E-state index in [4.69, 9.17) is 17.2 Å². The van der Waals surface area contributed by atoms with Crippen LogP contribution in [0.2, 0.25) is 0 Å². The number of nitrogens with zero attached hydrogens (tertiary/aromatic N) is 3. The summed E-state index contributed by atoms with van der Waals surface area (Å²) in [6, 6.07) is 26.4. The maximum atomic E-state index is 13.6.